The zero-order valence-electron chi connectivity index (χ0n) is 13.2. The number of rotatable bonds is 4. The highest BCUT2D eigenvalue weighted by atomic mass is 19.1. The van der Waals surface area contributed by atoms with E-state index in [0.29, 0.717) is 31.7 Å². The maximum absolute atomic E-state index is 14.1. The molecule has 0 aliphatic carbocycles. The van der Waals surface area contributed by atoms with E-state index in [1.165, 1.54) is 0 Å². The van der Waals surface area contributed by atoms with E-state index in [4.69, 9.17) is 0 Å². The van der Waals surface area contributed by atoms with Crippen molar-refractivity contribution in [1.82, 2.24) is 9.88 Å². The average molecular weight is 298 g/mol. The summed E-state index contributed by atoms with van der Waals surface area (Å²) in [6.45, 7) is 8.16. The van der Waals surface area contributed by atoms with Crippen LogP contribution in [0.1, 0.15) is 27.2 Å². The molecule has 4 nitrogen and oxygen atoms in total. The molecule has 2 rings (SSSR count). The lowest BCUT2D eigenvalue weighted by Gasteiger charge is -2.43. The van der Waals surface area contributed by atoms with E-state index < -0.39 is 11.6 Å². The van der Waals surface area contributed by atoms with Crippen LogP contribution in [0.3, 0.4) is 0 Å². The Morgan fingerprint density at radius 3 is 2.43 bits per heavy atom. The first kappa shape index (κ1) is 15.9. The van der Waals surface area contributed by atoms with Gasteiger partial charge in [-0.05, 0) is 27.3 Å². The maximum atomic E-state index is 14.1. The lowest BCUT2D eigenvalue weighted by Crippen LogP contribution is -2.55. The third-order valence-corrected chi connectivity index (χ3v) is 4.11. The van der Waals surface area contributed by atoms with E-state index in [1.807, 2.05) is 11.8 Å². The number of aromatic nitrogens is 1. The van der Waals surface area contributed by atoms with Crippen molar-refractivity contribution in [3.8, 4) is 0 Å². The normalized spacial score (nSPS) is 23.4. The van der Waals surface area contributed by atoms with E-state index in [9.17, 15) is 8.78 Å². The van der Waals surface area contributed by atoms with Gasteiger partial charge in [0.1, 0.15) is 0 Å². The number of hydrogen-bond donors (Lipinski definition) is 1. The Labute approximate surface area is 125 Å². The van der Waals surface area contributed by atoms with Crippen molar-refractivity contribution >= 4 is 11.6 Å². The van der Waals surface area contributed by atoms with Gasteiger partial charge in [-0.2, -0.15) is 0 Å². The van der Waals surface area contributed by atoms with Gasteiger partial charge >= 0.3 is 0 Å². The van der Waals surface area contributed by atoms with Crippen LogP contribution in [0.2, 0.25) is 0 Å². The summed E-state index contributed by atoms with van der Waals surface area (Å²) in [5.41, 5.74) is 0. The Balaban J connectivity index is 2.26. The molecule has 1 aromatic rings. The summed E-state index contributed by atoms with van der Waals surface area (Å²) in [6, 6.07) is 1.52. The minimum Gasteiger partial charge on any atom is -0.368 e. The summed E-state index contributed by atoms with van der Waals surface area (Å²) in [7, 11) is 2.06. The Morgan fingerprint density at radius 2 is 1.86 bits per heavy atom. The third kappa shape index (κ3) is 3.43. The van der Waals surface area contributed by atoms with E-state index in [1.54, 1.807) is 0 Å². The molecule has 2 unspecified atom stereocenters. The molecular formula is C15H24F2N4. The minimum absolute atomic E-state index is 0.132. The lowest BCUT2D eigenvalue weighted by atomic mass is 10.1. The minimum atomic E-state index is -0.639. The number of halogens is 2. The van der Waals surface area contributed by atoms with Crippen LogP contribution in [0.15, 0.2) is 6.07 Å². The molecule has 0 spiro atoms. The highest BCUT2D eigenvalue weighted by molar-refractivity contribution is 5.50. The van der Waals surface area contributed by atoms with E-state index in [2.05, 4.69) is 36.1 Å². The van der Waals surface area contributed by atoms with Crippen LogP contribution in [0.5, 0.6) is 0 Å². The highest BCUT2D eigenvalue weighted by Crippen LogP contribution is 2.25. The fourth-order valence-electron chi connectivity index (χ4n) is 2.62. The zero-order valence-corrected chi connectivity index (χ0v) is 13.2. The Morgan fingerprint density at radius 1 is 1.24 bits per heavy atom. The number of hydrogen-bond acceptors (Lipinski definition) is 4. The SMILES string of the molecule is CCCNc1nc(N2CC(C)N(C)C(C)C2)c(F)cc1F. The Kier molecular flexibility index (Phi) is 4.98. The number of anilines is 2. The van der Waals surface area contributed by atoms with Gasteiger partial charge in [0, 0.05) is 37.8 Å². The van der Waals surface area contributed by atoms with Crippen LogP contribution in [-0.2, 0) is 0 Å². The van der Waals surface area contributed by atoms with Crippen molar-refractivity contribution in [2.24, 2.45) is 0 Å². The molecule has 21 heavy (non-hydrogen) atoms. The summed E-state index contributed by atoms with van der Waals surface area (Å²) >= 11 is 0. The van der Waals surface area contributed by atoms with E-state index in [-0.39, 0.29) is 11.6 Å². The van der Waals surface area contributed by atoms with Gasteiger partial charge in [-0.25, -0.2) is 13.8 Å². The van der Waals surface area contributed by atoms with E-state index >= 15 is 0 Å². The molecule has 118 valence electrons. The van der Waals surface area contributed by atoms with Crippen molar-refractivity contribution in [2.45, 2.75) is 39.3 Å². The molecule has 0 saturated carbocycles. The van der Waals surface area contributed by atoms with Gasteiger partial charge < -0.3 is 10.2 Å². The lowest BCUT2D eigenvalue weighted by molar-refractivity contribution is 0.169. The van der Waals surface area contributed by atoms with Gasteiger partial charge in [0.15, 0.2) is 23.3 Å². The summed E-state index contributed by atoms with van der Waals surface area (Å²) in [5.74, 6) is -0.868. The first-order valence-corrected chi connectivity index (χ1v) is 7.50. The predicted molar refractivity (Wildman–Crippen MR) is 81.8 cm³/mol. The second-order valence-corrected chi connectivity index (χ2v) is 5.82. The Hall–Kier alpha value is -1.43. The fraction of sp³-hybridized carbons (Fsp3) is 0.667. The fourth-order valence-corrected chi connectivity index (χ4v) is 2.62. The molecule has 1 aliphatic rings. The molecule has 1 N–H and O–H groups in total. The molecule has 0 aromatic carbocycles. The van der Waals surface area contributed by atoms with Crippen LogP contribution in [0.25, 0.3) is 0 Å². The number of nitrogens with one attached hydrogen (secondary N) is 1. The molecule has 2 atom stereocenters. The van der Waals surface area contributed by atoms with Crippen molar-refractivity contribution < 1.29 is 8.78 Å². The largest absolute Gasteiger partial charge is 0.368 e. The number of nitrogens with zero attached hydrogens (tertiary/aromatic N) is 3. The smallest absolute Gasteiger partial charge is 0.168 e. The standard InChI is InChI=1S/C15H24F2N4/c1-5-6-18-14-12(16)7-13(17)15(19-14)21-8-10(2)20(4)11(3)9-21/h7,10-11H,5-6,8-9H2,1-4H3,(H,18,19). The van der Waals surface area contributed by atoms with Crippen LogP contribution >= 0.6 is 0 Å². The van der Waals surface area contributed by atoms with Gasteiger partial charge in [-0.1, -0.05) is 6.92 Å². The number of pyridine rings is 1. The van der Waals surface area contributed by atoms with Crippen molar-refractivity contribution in [3.05, 3.63) is 17.7 Å². The van der Waals surface area contributed by atoms with Gasteiger partial charge in [0.2, 0.25) is 0 Å². The van der Waals surface area contributed by atoms with Crippen molar-refractivity contribution in [3.63, 3.8) is 0 Å². The zero-order chi connectivity index (χ0) is 15.6. The molecule has 0 bridgehead atoms. The van der Waals surface area contributed by atoms with E-state index in [0.717, 1.165) is 12.5 Å². The molecule has 1 fully saturated rings. The molecule has 0 amide bonds. The summed E-state index contributed by atoms with van der Waals surface area (Å²) in [4.78, 5) is 8.34. The van der Waals surface area contributed by atoms with Crippen LogP contribution in [0.4, 0.5) is 20.4 Å². The topological polar surface area (TPSA) is 31.4 Å². The first-order chi connectivity index (χ1) is 9.93. The molecule has 1 aromatic heterocycles. The average Bonchev–Trinajstić information content (AvgIpc) is 2.43. The van der Waals surface area contributed by atoms with Crippen LogP contribution < -0.4 is 10.2 Å². The van der Waals surface area contributed by atoms with Crippen LogP contribution in [-0.4, -0.2) is 48.6 Å². The van der Waals surface area contributed by atoms with Crippen LogP contribution in [0, 0.1) is 11.6 Å². The molecule has 2 heterocycles. The number of piperazine rings is 1. The first-order valence-electron chi connectivity index (χ1n) is 7.50. The molecule has 0 radical (unpaired) electrons. The monoisotopic (exact) mass is 298 g/mol. The second-order valence-electron chi connectivity index (χ2n) is 5.82. The van der Waals surface area contributed by atoms with Crippen molar-refractivity contribution in [1.29, 1.82) is 0 Å². The summed E-state index contributed by atoms with van der Waals surface area (Å²) in [6.07, 6.45) is 0.858. The quantitative estimate of drug-likeness (QED) is 0.926. The third-order valence-electron chi connectivity index (χ3n) is 4.11. The van der Waals surface area contributed by atoms with Gasteiger partial charge in [-0.3, -0.25) is 4.90 Å². The highest BCUT2D eigenvalue weighted by Gasteiger charge is 2.29. The molecule has 6 heteroatoms. The van der Waals surface area contributed by atoms with Crippen molar-refractivity contribution in [2.75, 3.05) is 36.9 Å². The number of likely N-dealkylation sites (N-methyl/N-ethyl adjacent to an activating group) is 1. The summed E-state index contributed by atoms with van der Waals surface area (Å²) in [5, 5.41) is 2.91. The second kappa shape index (κ2) is 6.56. The van der Waals surface area contributed by atoms with Gasteiger partial charge in [0.05, 0.1) is 0 Å². The Bertz CT molecular complexity index is 483. The molecular weight excluding hydrogens is 274 g/mol. The van der Waals surface area contributed by atoms with Gasteiger partial charge in [0.25, 0.3) is 0 Å². The predicted octanol–water partition coefficient (Wildman–Crippen LogP) is 2.71. The maximum Gasteiger partial charge on any atom is 0.168 e. The van der Waals surface area contributed by atoms with Gasteiger partial charge in [-0.15, -0.1) is 0 Å². The molecule has 1 saturated heterocycles. The summed E-state index contributed by atoms with van der Waals surface area (Å²) < 4.78 is 27.8. The molecule has 1 aliphatic heterocycles.